The number of nitro benzene ring substituents is 1. The molecule has 1 heterocycles. The number of nitrogens with zero attached hydrogens (tertiary/aromatic N) is 1. The Morgan fingerprint density at radius 3 is 2.59 bits per heavy atom. The van der Waals surface area contributed by atoms with Gasteiger partial charge in [-0.1, -0.05) is 0 Å². The van der Waals surface area contributed by atoms with Crippen molar-refractivity contribution in [2.24, 2.45) is 0 Å². The van der Waals surface area contributed by atoms with Crippen LogP contribution >= 0.6 is 0 Å². The van der Waals surface area contributed by atoms with E-state index in [1.54, 1.807) is 30.3 Å². The van der Waals surface area contributed by atoms with Gasteiger partial charge in [-0.3, -0.25) is 10.1 Å². The second-order valence-electron chi connectivity index (χ2n) is 4.57. The van der Waals surface area contributed by atoms with Crippen molar-refractivity contribution in [3.63, 3.8) is 0 Å². The van der Waals surface area contributed by atoms with Crippen LogP contribution < -0.4 is 9.47 Å². The summed E-state index contributed by atoms with van der Waals surface area (Å²) >= 11 is 0. The number of rotatable bonds is 4. The van der Waals surface area contributed by atoms with E-state index in [-0.39, 0.29) is 19.1 Å². The highest BCUT2D eigenvalue weighted by Crippen LogP contribution is 2.32. The van der Waals surface area contributed by atoms with Gasteiger partial charge in [-0.05, 0) is 35.9 Å². The van der Waals surface area contributed by atoms with Gasteiger partial charge in [0.1, 0.15) is 6.61 Å². The van der Waals surface area contributed by atoms with Crippen molar-refractivity contribution in [3.05, 3.63) is 63.7 Å². The van der Waals surface area contributed by atoms with E-state index in [0.29, 0.717) is 22.6 Å². The maximum atomic E-state index is 12.0. The predicted molar refractivity (Wildman–Crippen MR) is 74.8 cm³/mol. The Morgan fingerprint density at radius 1 is 1.14 bits per heavy atom. The number of nitro groups is 1. The Bertz CT molecular complexity index is 725. The van der Waals surface area contributed by atoms with E-state index >= 15 is 0 Å². The highest BCUT2D eigenvalue weighted by Gasteiger charge is 2.17. The molecule has 0 aromatic heterocycles. The monoisotopic (exact) mass is 301 g/mol. The number of esters is 1. The van der Waals surface area contributed by atoms with Crippen molar-refractivity contribution in [1.82, 2.24) is 0 Å². The zero-order chi connectivity index (χ0) is 15.5. The number of carbonyl (C=O) groups is 1. The quantitative estimate of drug-likeness (QED) is 0.490. The third-order valence-corrected chi connectivity index (χ3v) is 3.13. The lowest BCUT2D eigenvalue weighted by Crippen LogP contribution is -2.05. The van der Waals surface area contributed by atoms with Crippen molar-refractivity contribution in [1.29, 1.82) is 0 Å². The Hall–Kier alpha value is -3.09. The zero-order valence-corrected chi connectivity index (χ0v) is 11.4. The van der Waals surface area contributed by atoms with Gasteiger partial charge in [-0.2, -0.15) is 0 Å². The van der Waals surface area contributed by atoms with Crippen molar-refractivity contribution in [3.8, 4) is 11.5 Å². The first-order chi connectivity index (χ1) is 10.6. The predicted octanol–water partition coefficient (Wildman–Crippen LogP) is 2.68. The molecule has 1 aliphatic heterocycles. The van der Waals surface area contributed by atoms with Gasteiger partial charge in [0, 0.05) is 12.1 Å². The van der Waals surface area contributed by atoms with Gasteiger partial charge in [-0.15, -0.1) is 0 Å². The highest BCUT2D eigenvalue weighted by molar-refractivity contribution is 5.90. The van der Waals surface area contributed by atoms with E-state index in [9.17, 15) is 14.9 Å². The van der Waals surface area contributed by atoms with Gasteiger partial charge < -0.3 is 14.2 Å². The summed E-state index contributed by atoms with van der Waals surface area (Å²) in [6.45, 7) is 0.169. The van der Waals surface area contributed by atoms with Crippen molar-refractivity contribution in [2.75, 3.05) is 6.79 Å². The minimum absolute atomic E-state index is 0.00847. The van der Waals surface area contributed by atoms with Crippen LogP contribution in [0.3, 0.4) is 0 Å². The minimum atomic E-state index is -0.503. The molecule has 112 valence electrons. The van der Waals surface area contributed by atoms with E-state index in [1.165, 1.54) is 12.1 Å². The second kappa shape index (κ2) is 5.72. The summed E-state index contributed by atoms with van der Waals surface area (Å²) in [7, 11) is 0. The summed E-state index contributed by atoms with van der Waals surface area (Å²) in [6, 6.07) is 10.6. The number of fused-ring (bicyclic) bond motifs is 1. The minimum Gasteiger partial charge on any atom is -0.457 e. The molecule has 0 fully saturated rings. The zero-order valence-electron chi connectivity index (χ0n) is 11.4. The topological polar surface area (TPSA) is 87.9 Å². The molecule has 0 unspecified atom stereocenters. The van der Waals surface area contributed by atoms with Gasteiger partial charge >= 0.3 is 5.97 Å². The third kappa shape index (κ3) is 2.83. The van der Waals surface area contributed by atoms with Crippen LogP contribution in [0.1, 0.15) is 15.9 Å². The van der Waals surface area contributed by atoms with E-state index in [2.05, 4.69) is 0 Å². The molecule has 3 rings (SSSR count). The molecule has 7 nitrogen and oxygen atoms in total. The third-order valence-electron chi connectivity index (χ3n) is 3.13. The number of non-ortho nitro benzene ring substituents is 1. The first-order valence-corrected chi connectivity index (χ1v) is 6.43. The average molecular weight is 301 g/mol. The molecule has 2 aromatic rings. The Kier molecular flexibility index (Phi) is 3.61. The fourth-order valence-corrected chi connectivity index (χ4v) is 1.97. The highest BCUT2D eigenvalue weighted by atomic mass is 16.7. The number of hydrogen-bond acceptors (Lipinski definition) is 6. The van der Waals surface area contributed by atoms with Crippen molar-refractivity contribution in [2.45, 2.75) is 6.61 Å². The maximum absolute atomic E-state index is 12.0. The molecule has 0 amide bonds. The van der Waals surface area contributed by atoms with E-state index < -0.39 is 10.9 Å². The summed E-state index contributed by atoms with van der Waals surface area (Å²) in [5.74, 6) is 0.591. The van der Waals surface area contributed by atoms with Crippen LogP contribution in [-0.4, -0.2) is 17.7 Å². The van der Waals surface area contributed by atoms with Gasteiger partial charge in [0.05, 0.1) is 10.5 Å². The number of benzene rings is 2. The summed E-state index contributed by atoms with van der Waals surface area (Å²) < 4.78 is 15.5. The lowest BCUT2D eigenvalue weighted by atomic mass is 10.2. The van der Waals surface area contributed by atoms with Crippen LogP contribution in [0.2, 0.25) is 0 Å². The Morgan fingerprint density at radius 2 is 1.86 bits per heavy atom. The molecule has 0 aliphatic carbocycles. The van der Waals surface area contributed by atoms with Crippen LogP contribution in [0.25, 0.3) is 0 Å². The molecular weight excluding hydrogens is 290 g/mol. The fourth-order valence-electron chi connectivity index (χ4n) is 1.97. The summed E-state index contributed by atoms with van der Waals surface area (Å²) in [5, 5.41) is 10.6. The number of hydrogen-bond donors (Lipinski definition) is 0. The largest absolute Gasteiger partial charge is 0.457 e. The van der Waals surface area contributed by atoms with E-state index in [0.717, 1.165) is 0 Å². The number of carbonyl (C=O) groups excluding carboxylic acids is 1. The molecule has 0 saturated carbocycles. The van der Waals surface area contributed by atoms with Crippen LogP contribution in [0, 0.1) is 10.1 Å². The second-order valence-corrected chi connectivity index (χ2v) is 4.57. The SMILES string of the molecule is O=C(OCc1ccc([N+](=O)[O-])cc1)c1ccc2c(c1)OCO2. The normalized spacial score (nSPS) is 12.0. The van der Waals surface area contributed by atoms with Crippen LogP contribution in [0.4, 0.5) is 5.69 Å². The van der Waals surface area contributed by atoms with Crippen LogP contribution in [0.15, 0.2) is 42.5 Å². The molecule has 0 saturated heterocycles. The molecule has 0 atom stereocenters. The van der Waals surface area contributed by atoms with Gasteiger partial charge in [0.15, 0.2) is 11.5 Å². The molecule has 7 heteroatoms. The van der Waals surface area contributed by atoms with Gasteiger partial charge in [0.2, 0.25) is 6.79 Å². The molecule has 0 bridgehead atoms. The average Bonchev–Trinajstić information content (AvgIpc) is 3.00. The maximum Gasteiger partial charge on any atom is 0.338 e. The van der Waals surface area contributed by atoms with Crippen LogP contribution in [0.5, 0.6) is 11.5 Å². The Balaban J connectivity index is 1.63. The molecule has 2 aromatic carbocycles. The molecule has 0 spiro atoms. The molecular formula is C15H11NO6. The lowest BCUT2D eigenvalue weighted by Gasteiger charge is -2.05. The van der Waals surface area contributed by atoms with E-state index in [1.807, 2.05) is 0 Å². The standard InChI is InChI=1S/C15H11NO6/c17-15(11-3-6-13-14(7-11)22-9-21-13)20-8-10-1-4-12(5-2-10)16(18)19/h1-7H,8-9H2. The van der Waals surface area contributed by atoms with Gasteiger partial charge in [-0.25, -0.2) is 4.79 Å². The number of ether oxygens (including phenoxy) is 3. The smallest absolute Gasteiger partial charge is 0.338 e. The summed E-state index contributed by atoms with van der Waals surface area (Å²) in [6.07, 6.45) is 0. The van der Waals surface area contributed by atoms with Crippen LogP contribution in [-0.2, 0) is 11.3 Å². The van der Waals surface area contributed by atoms with Gasteiger partial charge in [0.25, 0.3) is 5.69 Å². The summed E-state index contributed by atoms with van der Waals surface area (Å²) in [5.41, 5.74) is 1.01. The fraction of sp³-hybridized carbons (Fsp3) is 0.133. The first kappa shape index (κ1) is 13.9. The lowest BCUT2D eigenvalue weighted by molar-refractivity contribution is -0.384. The molecule has 22 heavy (non-hydrogen) atoms. The van der Waals surface area contributed by atoms with Crippen molar-refractivity contribution < 1.29 is 23.9 Å². The summed E-state index contributed by atoms with van der Waals surface area (Å²) in [4.78, 5) is 22.0. The van der Waals surface area contributed by atoms with E-state index in [4.69, 9.17) is 14.2 Å². The Labute approximate surface area is 125 Å². The molecule has 0 N–H and O–H groups in total. The molecule has 1 aliphatic rings. The molecule has 0 radical (unpaired) electrons. The van der Waals surface area contributed by atoms with Crippen molar-refractivity contribution >= 4 is 11.7 Å². The first-order valence-electron chi connectivity index (χ1n) is 6.43.